The van der Waals surface area contributed by atoms with Crippen molar-refractivity contribution in [1.82, 2.24) is 9.88 Å². The number of nitrogens with zero attached hydrogens (tertiary/aromatic N) is 1. The summed E-state index contributed by atoms with van der Waals surface area (Å²) in [6.45, 7) is 4.25. The van der Waals surface area contributed by atoms with Crippen LogP contribution in [0.2, 0.25) is 0 Å². The summed E-state index contributed by atoms with van der Waals surface area (Å²) in [5.74, 6) is 0. The Balaban J connectivity index is 2.49. The van der Waals surface area contributed by atoms with Gasteiger partial charge < -0.3 is 9.88 Å². The van der Waals surface area contributed by atoms with Crippen LogP contribution in [0.5, 0.6) is 0 Å². The highest BCUT2D eigenvalue weighted by Crippen LogP contribution is 2.24. The van der Waals surface area contributed by atoms with Crippen LogP contribution < -0.4 is 5.32 Å². The number of nitrogens with one attached hydrogen (secondary N) is 1. The van der Waals surface area contributed by atoms with Crippen LogP contribution in [-0.2, 0) is 13.0 Å². The maximum Gasteiger partial charge on any atom is 0.0493 e. The highest BCUT2D eigenvalue weighted by Gasteiger charge is 2.07. The van der Waals surface area contributed by atoms with Gasteiger partial charge in [-0.3, -0.25) is 0 Å². The average Bonchev–Trinajstić information content (AvgIpc) is 2.63. The van der Waals surface area contributed by atoms with E-state index in [9.17, 15) is 0 Å². The molecule has 0 saturated carbocycles. The number of halogens is 1. The predicted molar refractivity (Wildman–Crippen MR) is 72.9 cm³/mol. The first-order valence-corrected chi connectivity index (χ1v) is 6.48. The Morgan fingerprint density at radius 1 is 1.31 bits per heavy atom. The summed E-state index contributed by atoms with van der Waals surface area (Å²) in [4.78, 5) is 0. The number of fused-ring (bicyclic) bond motifs is 1. The second-order valence-electron chi connectivity index (χ2n) is 3.94. The van der Waals surface area contributed by atoms with E-state index in [2.05, 4.69) is 57.0 Å². The van der Waals surface area contributed by atoms with Crippen LogP contribution in [0.3, 0.4) is 0 Å². The topological polar surface area (TPSA) is 17.0 Å². The van der Waals surface area contributed by atoms with E-state index >= 15 is 0 Å². The lowest BCUT2D eigenvalue weighted by molar-refractivity contribution is 0.700. The molecule has 86 valence electrons. The second kappa shape index (κ2) is 5.02. The molecule has 1 aromatic heterocycles. The molecule has 2 nitrogen and oxygen atoms in total. The minimum Gasteiger partial charge on any atom is -0.345 e. The van der Waals surface area contributed by atoms with Gasteiger partial charge in [-0.1, -0.05) is 22.0 Å². The summed E-state index contributed by atoms with van der Waals surface area (Å²) in [5.41, 5.74) is 2.73. The fourth-order valence-corrected chi connectivity index (χ4v) is 2.47. The molecule has 0 aliphatic carbocycles. The van der Waals surface area contributed by atoms with Gasteiger partial charge >= 0.3 is 0 Å². The first-order valence-electron chi connectivity index (χ1n) is 5.68. The first kappa shape index (κ1) is 11.7. The fourth-order valence-electron chi connectivity index (χ4n) is 2.12. The fraction of sp³-hybridized carbons (Fsp3) is 0.385. The Hall–Kier alpha value is -0.800. The lowest BCUT2D eigenvalue weighted by Gasteiger charge is -2.07. The van der Waals surface area contributed by atoms with Gasteiger partial charge in [-0.15, -0.1) is 0 Å². The van der Waals surface area contributed by atoms with Gasteiger partial charge in [-0.2, -0.15) is 0 Å². The lowest BCUT2D eigenvalue weighted by Crippen LogP contribution is -2.12. The molecule has 1 N–H and O–H groups in total. The Bertz CT molecular complexity index is 488. The SMILES string of the molecule is CCn1c(CCNC)cc2ccc(Br)cc21. The smallest absolute Gasteiger partial charge is 0.0493 e. The molecule has 0 aliphatic heterocycles. The molecule has 3 heteroatoms. The van der Waals surface area contributed by atoms with Crippen molar-refractivity contribution < 1.29 is 0 Å². The molecule has 0 unspecified atom stereocenters. The molecule has 0 fully saturated rings. The van der Waals surface area contributed by atoms with Gasteiger partial charge in [0.25, 0.3) is 0 Å². The van der Waals surface area contributed by atoms with Gasteiger partial charge in [0.15, 0.2) is 0 Å². The number of hydrogen-bond acceptors (Lipinski definition) is 1. The Kier molecular flexibility index (Phi) is 3.66. The molecular weight excluding hydrogens is 264 g/mol. The molecule has 0 amide bonds. The maximum absolute atomic E-state index is 3.53. The largest absolute Gasteiger partial charge is 0.345 e. The Labute approximate surface area is 105 Å². The van der Waals surface area contributed by atoms with Crippen molar-refractivity contribution in [3.05, 3.63) is 34.4 Å². The van der Waals surface area contributed by atoms with Crippen molar-refractivity contribution in [3.8, 4) is 0 Å². The van der Waals surface area contributed by atoms with E-state index < -0.39 is 0 Å². The van der Waals surface area contributed by atoms with Crippen molar-refractivity contribution in [2.75, 3.05) is 13.6 Å². The third-order valence-corrected chi connectivity index (χ3v) is 3.39. The Morgan fingerprint density at radius 2 is 2.12 bits per heavy atom. The first-order chi connectivity index (χ1) is 7.76. The van der Waals surface area contributed by atoms with Gasteiger partial charge in [0.2, 0.25) is 0 Å². The van der Waals surface area contributed by atoms with Crippen LogP contribution in [0.4, 0.5) is 0 Å². The number of benzene rings is 1. The summed E-state index contributed by atoms with van der Waals surface area (Å²) >= 11 is 3.53. The van der Waals surface area contributed by atoms with Gasteiger partial charge in [-0.25, -0.2) is 0 Å². The molecule has 0 spiro atoms. The maximum atomic E-state index is 3.53. The number of aryl methyl sites for hydroxylation is 1. The van der Waals surface area contributed by atoms with E-state index in [1.165, 1.54) is 16.6 Å². The third kappa shape index (κ3) is 2.15. The average molecular weight is 281 g/mol. The summed E-state index contributed by atoms with van der Waals surface area (Å²) in [5, 5.41) is 4.53. The van der Waals surface area contributed by atoms with E-state index in [-0.39, 0.29) is 0 Å². The molecule has 0 bridgehead atoms. The van der Waals surface area contributed by atoms with Crippen molar-refractivity contribution in [3.63, 3.8) is 0 Å². The molecule has 0 radical (unpaired) electrons. The monoisotopic (exact) mass is 280 g/mol. The molecule has 2 rings (SSSR count). The van der Waals surface area contributed by atoms with E-state index in [1.54, 1.807) is 0 Å². The number of hydrogen-bond donors (Lipinski definition) is 1. The number of aromatic nitrogens is 1. The minimum absolute atomic E-state index is 1.03. The van der Waals surface area contributed by atoms with Crippen molar-refractivity contribution in [2.24, 2.45) is 0 Å². The standard InChI is InChI=1S/C13H17BrN2/c1-3-16-12(6-7-15-2)8-10-4-5-11(14)9-13(10)16/h4-5,8-9,15H,3,6-7H2,1-2H3. The molecular formula is C13H17BrN2. The van der Waals surface area contributed by atoms with Crippen LogP contribution in [-0.4, -0.2) is 18.2 Å². The third-order valence-electron chi connectivity index (χ3n) is 2.90. The van der Waals surface area contributed by atoms with Crippen LogP contribution >= 0.6 is 15.9 Å². The zero-order valence-corrected chi connectivity index (χ0v) is 11.3. The quantitative estimate of drug-likeness (QED) is 0.910. The van der Waals surface area contributed by atoms with Gasteiger partial charge in [0, 0.05) is 35.2 Å². The van der Waals surface area contributed by atoms with Gasteiger partial charge in [0.05, 0.1) is 0 Å². The summed E-state index contributed by atoms with van der Waals surface area (Å²) in [7, 11) is 2.00. The summed E-state index contributed by atoms with van der Waals surface area (Å²) < 4.78 is 3.53. The predicted octanol–water partition coefficient (Wildman–Crippen LogP) is 3.19. The normalized spacial score (nSPS) is 11.2. The molecule has 1 aromatic carbocycles. The molecule has 0 aliphatic rings. The highest BCUT2D eigenvalue weighted by molar-refractivity contribution is 9.10. The highest BCUT2D eigenvalue weighted by atomic mass is 79.9. The zero-order chi connectivity index (χ0) is 11.5. The zero-order valence-electron chi connectivity index (χ0n) is 9.76. The van der Waals surface area contributed by atoms with Crippen LogP contribution in [0, 0.1) is 0 Å². The second-order valence-corrected chi connectivity index (χ2v) is 4.85. The van der Waals surface area contributed by atoms with Crippen molar-refractivity contribution in [2.45, 2.75) is 19.9 Å². The molecule has 16 heavy (non-hydrogen) atoms. The van der Waals surface area contributed by atoms with Crippen LogP contribution in [0.1, 0.15) is 12.6 Å². The van der Waals surface area contributed by atoms with Gasteiger partial charge in [0.1, 0.15) is 0 Å². The molecule has 2 aromatic rings. The van der Waals surface area contributed by atoms with Crippen LogP contribution in [0.15, 0.2) is 28.7 Å². The molecule has 0 saturated heterocycles. The number of rotatable bonds is 4. The van der Waals surface area contributed by atoms with E-state index in [4.69, 9.17) is 0 Å². The van der Waals surface area contributed by atoms with E-state index in [0.29, 0.717) is 0 Å². The minimum atomic E-state index is 1.03. The van der Waals surface area contributed by atoms with Crippen LogP contribution in [0.25, 0.3) is 10.9 Å². The Morgan fingerprint density at radius 3 is 2.81 bits per heavy atom. The molecule has 1 heterocycles. The van der Waals surface area contributed by atoms with Gasteiger partial charge in [-0.05, 0) is 37.6 Å². The summed E-state index contributed by atoms with van der Waals surface area (Å²) in [6.07, 6.45) is 1.08. The van der Waals surface area contributed by atoms with Crippen molar-refractivity contribution in [1.29, 1.82) is 0 Å². The lowest BCUT2D eigenvalue weighted by atomic mass is 10.2. The number of likely N-dealkylation sites (N-methyl/N-ethyl adjacent to an activating group) is 1. The van der Waals surface area contributed by atoms with E-state index in [0.717, 1.165) is 24.0 Å². The summed E-state index contributed by atoms with van der Waals surface area (Å²) in [6, 6.07) is 8.77. The molecule has 0 atom stereocenters. The van der Waals surface area contributed by atoms with Crippen molar-refractivity contribution >= 4 is 26.8 Å². The van der Waals surface area contributed by atoms with E-state index in [1.807, 2.05) is 7.05 Å².